The summed E-state index contributed by atoms with van der Waals surface area (Å²) in [7, 11) is 1.89. The quantitative estimate of drug-likeness (QED) is 0.852. The molecule has 84 valence electrons. The Morgan fingerprint density at radius 3 is 2.75 bits per heavy atom. The van der Waals surface area contributed by atoms with Gasteiger partial charge < -0.3 is 9.67 Å². The summed E-state index contributed by atoms with van der Waals surface area (Å²) < 4.78 is 1.84. The summed E-state index contributed by atoms with van der Waals surface area (Å²) in [4.78, 5) is 4.18. The zero-order chi connectivity index (χ0) is 11.5. The van der Waals surface area contributed by atoms with Gasteiger partial charge in [-0.1, -0.05) is 31.2 Å². The van der Waals surface area contributed by atoms with Crippen molar-refractivity contribution in [1.29, 1.82) is 0 Å². The van der Waals surface area contributed by atoms with Gasteiger partial charge in [0, 0.05) is 19.4 Å². The van der Waals surface area contributed by atoms with Gasteiger partial charge in [0.25, 0.3) is 0 Å². The van der Waals surface area contributed by atoms with E-state index in [1.54, 1.807) is 6.20 Å². The van der Waals surface area contributed by atoms with Crippen LogP contribution >= 0.6 is 0 Å². The molecule has 0 bridgehead atoms. The van der Waals surface area contributed by atoms with E-state index in [1.165, 1.54) is 0 Å². The van der Waals surface area contributed by atoms with Gasteiger partial charge >= 0.3 is 0 Å². The second kappa shape index (κ2) is 4.49. The maximum absolute atomic E-state index is 10.3. The smallest absolute Gasteiger partial charge is 0.142 e. The Morgan fingerprint density at radius 1 is 1.38 bits per heavy atom. The molecule has 1 unspecified atom stereocenters. The lowest BCUT2D eigenvalue weighted by atomic mass is 10.00. The molecule has 3 nitrogen and oxygen atoms in total. The summed E-state index contributed by atoms with van der Waals surface area (Å²) in [6, 6.07) is 7.94. The first kappa shape index (κ1) is 10.9. The van der Waals surface area contributed by atoms with E-state index in [0.717, 1.165) is 17.5 Å². The lowest BCUT2D eigenvalue weighted by Gasteiger charge is -2.14. The first-order chi connectivity index (χ1) is 7.74. The normalized spacial score (nSPS) is 12.7. The zero-order valence-electron chi connectivity index (χ0n) is 9.59. The Bertz CT molecular complexity index is 476. The van der Waals surface area contributed by atoms with Crippen molar-refractivity contribution in [2.45, 2.75) is 19.4 Å². The highest BCUT2D eigenvalue weighted by atomic mass is 16.3. The van der Waals surface area contributed by atoms with Gasteiger partial charge in [0.2, 0.25) is 0 Å². The molecule has 1 heterocycles. The average molecular weight is 216 g/mol. The molecule has 0 saturated heterocycles. The van der Waals surface area contributed by atoms with E-state index < -0.39 is 6.10 Å². The van der Waals surface area contributed by atoms with E-state index in [9.17, 15) is 5.11 Å². The van der Waals surface area contributed by atoms with Crippen LogP contribution in [-0.4, -0.2) is 14.7 Å². The third-order valence-corrected chi connectivity index (χ3v) is 2.83. The van der Waals surface area contributed by atoms with Crippen LogP contribution in [0, 0.1) is 0 Å². The summed E-state index contributed by atoms with van der Waals surface area (Å²) in [5, 5.41) is 10.3. The van der Waals surface area contributed by atoms with Gasteiger partial charge in [0.15, 0.2) is 0 Å². The van der Waals surface area contributed by atoms with Crippen molar-refractivity contribution in [1.82, 2.24) is 9.55 Å². The summed E-state index contributed by atoms with van der Waals surface area (Å²) in [5.74, 6) is 0.681. The topological polar surface area (TPSA) is 38.1 Å². The number of aliphatic hydroxyl groups excluding tert-OH is 1. The van der Waals surface area contributed by atoms with Crippen LogP contribution in [0.15, 0.2) is 36.7 Å². The Hall–Kier alpha value is -1.61. The number of rotatable bonds is 3. The van der Waals surface area contributed by atoms with Crippen LogP contribution in [-0.2, 0) is 13.5 Å². The van der Waals surface area contributed by atoms with Gasteiger partial charge in [-0.05, 0) is 17.5 Å². The molecule has 1 aromatic carbocycles. The lowest BCUT2D eigenvalue weighted by molar-refractivity contribution is 0.205. The number of hydrogen-bond donors (Lipinski definition) is 1. The standard InChI is InChI=1S/C13H16N2O/c1-3-10-6-4-5-7-11(10)12(16)13-14-8-9-15(13)2/h4-9,12,16H,3H2,1-2H3. The first-order valence-electron chi connectivity index (χ1n) is 5.47. The Labute approximate surface area is 95.4 Å². The fourth-order valence-corrected chi connectivity index (χ4v) is 1.90. The Morgan fingerprint density at radius 2 is 2.12 bits per heavy atom. The molecule has 0 saturated carbocycles. The molecular weight excluding hydrogens is 200 g/mol. The van der Waals surface area contributed by atoms with Crippen molar-refractivity contribution in [2.75, 3.05) is 0 Å². The number of benzene rings is 1. The van der Waals surface area contributed by atoms with E-state index in [1.807, 2.05) is 42.1 Å². The second-order valence-corrected chi connectivity index (χ2v) is 3.85. The first-order valence-corrected chi connectivity index (χ1v) is 5.47. The monoisotopic (exact) mass is 216 g/mol. The molecule has 2 aromatic rings. The number of imidazole rings is 1. The minimum absolute atomic E-state index is 0.642. The number of aromatic nitrogens is 2. The fraction of sp³-hybridized carbons (Fsp3) is 0.308. The van der Waals surface area contributed by atoms with Crippen LogP contribution in [0.25, 0.3) is 0 Å². The number of nitrogens with zero attached hydrogens (tertiary/aromatic N) is 2. The largest absolute Gasteiger partial charge is 0.380 e. The van der Waals surface area contributed by atoms with E-state index >= 15 is 0 Å². The SMILES string of the molecule is CCc1ccccc1C(O)c1nccn1C. The van der Waals surface area contributed by atoms with Crippen molar-refractivity contribution in [2.24, 2.45) is 7.05 Å². The molecule has 16 heavy (non-hydrogen) atoms. The summed E-state index contributed by atoms with van der Waals surface area (Å²) in [6.45, 7) is 2.09. The molecule has 0 fully saturated rings. The van der Waals surface area contributed by atoms with Gasteiger partial charge in [-0.25, -0.2) is 4.98 Å². The lowest BCUT2D eigenvalue weighted by Crippen LogP contribution is -2.09. The van der Waals surface area contributed by atoms with Crippen LogP contribution in [0.2, 0.25) is 0 Å². The molecule has 2 rings (SSSR count). The second-order valence-electron chi connectivity index (χ2n) is 3.85. The fourth-order valence-electron chi connectivity index (χ4n) is 1.90. The van der Waals surface area contributed by atoms with Crippen molar-refractivity contribution in [3.05, 3.63) is 53.6 Å². The summed E-state index contributed by atoms with van der Waals surface area (Å²) >= 11 is 0. The van der Waals surface area contributed by atoms with Crippen molar-refractivity contribution < 1.29 is 5.11 Å². The molecule has 1 N–H and O–H groups in total. The van der Waals surface area contributed by atoms with E-state index in [-0.39, 0.29) is 0 Å². The number of aryl methyl sites for hydroxylation is 2. The van der Waals surface area contributed by atoms with Crippen LogP contribution < -0.4 is 0 Å². The zero-order valence-corrected chi connectivity index (χ0v) is 9.59. The third-order valence-electron chi connectivity index (χ3n) is 2.83. The van der Waals surface area contributed by atoms with Crippen molar-refractivity contribution in [3.8, 4) is 0 Å². The van der Waals surface area contributed by atoms with E-state index in [0.29, 0.717) is 5.82 Å². The van der Waals surface area contributed by atoms with Gasteiger partial charge in [-0.2, -0.15) is 0 Å². The van der Waals surface area contributed by atoms with Crippen LogP contribution in [0.4, 0.5) is 0 Å². The third kappa shape index (κ3) is 1.86. The van der Waals surface area contributed by atoms with Crippen LogP contribution in [0.5, 0.6) is 0 Å². The Kier molecular flexibility index (Phi) is 3.06. The van der Waals surface area contributed by atoms with E-state index in [2.05, 4.69) is 11.9 Å². The molecule has 0 radical (unpaired) electrons. The summed E-state index contributed by atoms with van der Waals surface area (Å²) in [6.07, 6.45) is 3.81. The minimum atomic E-state index is -0.642. The predicted octanol–water partition coefficient (Wildman–Crippen LogP) is 2.06. The molecule has 1 aromatic heterocycles. The van der Waals surface area contributed by atoms with Crippen LogP contribution in [0.3, 0.4) is 0 Å². The maximum Gasteiger partial charge on any atom is 0.142 e. The maximum atomic E-state index is 10.3. The summed E-state index contributed by atoms with van der Waals surface area (Å²) in [5.41, 5.74) is 2.11. The molecule has 0 spiro atoms. The highest BCUT2D eigenvalue weighted by Crippen LogP contribution is 2.23. The minimum Gasteiger partial charge on any atom is -0.380 e. The highest BCUT2D eigenvalue weighted by Gasteiger charge is 2.16. The highest BCUT2D eigenvalue weighted by molar-refractivity contribution is 5.32. The van der Waals surface area contributed by atoms with Crippen molar-refractivity contribution in [3.63, 3.8) is 0 Å². The van der Waals surface area contributed by atoms with Gasteiger partial charge in [0.1, 0.15) is 11.9 Å². The molecular formula is C13H16N2O. The van der Waals surface area contributed by atoms with E-state index in [4.69, 9.17) is 0 Å². The molecule has 1 atom stereocenters. The molecule has 0 aliphatic carbocycles. The van der Waals surface area contributed by atoms with Gasteiger partial charge in [0.05, 0.1) is 0 Å². The molecule has 0 amide bonds. The molecule has 0 aliphatic rings. The number of hydrogen-bond acceptors (Lipinski definition) is 2. The Balaban J connectivity index is 2.41. The van der Waals surface area contributed by atoms with Gasteiger partial charge in [-0.15, -0.1) is 0 Å². The predicted molar refractivity (Wildman–Crippen MR) is 63.1 cm³/mol. The van der Waals surface area contributed by atoms with Crippen molar-refractivity contribution >= 4 is 0 Å². The molecule has 3 heteroatoms. The average Bonchev–Trinajstić information content (AvgIpc) is 2.74. The van der Waals surface area contributed by atoms with Gasteiger partial charge in [-0.3, -0.25) is 0 Å². The number of aliphatic hydroxyl groups is 1. The molecule has 0 aliphatic heterocycles. The van der Waals surface area contributed by atoms with Crippen LogP contribution in [0.1, 0.15) is 30.0 Å².